The molecular formula is C13H18N4. The monoisotopic (exact) mass is 230 g/mol. The molecule has 0 aliphatic carbocycles. The third-order valence-corrected chi connectivity index (χ3v) is 2.88. The number of aromatic nitrogens is 3. The van der Waals surface area contributed by atoms with Crippen LogP contribution in [-0.4, -0.2) is 14.8 Å². The van der Waals surface area contributed by atoms with Crippen molar-refractivity contribution in [2.75, 3.05) is 5.73 Å². The molecule has 0 bridgehead atoms. The molecule has 0 saturated heterocycles. The van der Waals surface area contributed by atoms with E-state index in [-0.39, 0.29) is 0 Å². The Kier molecular flexibility index (Phi) is 3.42. The molecular weight excluding hydrogens is 212 g/mol. The number of anilines is 1. The van der Waals surface area contributed by atoms with E-state index in [0.29, 0.717) is 0 Å². The molecule has 0 atom stereocenters. The summed E-state index contributed by atoms with van der Waals surface area (Å²) in [6, 6.07) is 3.98. The summed E-state index contributed by atoms with van der Waals surface area (Å²) in [6.45, 7) is 5.04. The fraction of sp³-hybridized carbons (Fsp3) is 0.385. The molecule has 4 nitrogen and oxygen atoms in total. The molecule has 0 spiro atoms. The van der Waals surface area contributed by atoms with Crippen molar-refractivity contribution in [1.82, 2.24) is 14.8 Å². The Morgan fingerprint density at radius 3 is 2.88 bits per heavy atom. The lowest BCUT2D eigenvalue weighted by Crippen LogP contribution is -2.05. The zero-order chi connectivity index (χ0) is 12.3. The molecule has 2 rings (SSSR count). The van der Waals surface area contributed by atoms with E-state index in [1.54, 1.807) is 6.20 Å². The molecule has 2 heterocycles. The summed E-state index contributed by atoms with van der Waals surface area (Å²) in [5.74, 6) is 0. The Hall–Kier alpha value is -1.84. The van der Waals surface area contributed by atoms with Gasteiger partial charge < -0.3 is 5.73 Å². The standard InChI is InChI=1S/C13H18N4/c1-3-17-12(8-10(2)16-17)5-4-11-9-15-7-6-13(11)14/h6-9H,3-5H2,1-2H3,(H2,14,15). The van der Waals surface area contributed by atoms with E-state index in [4.69, 9.17) is 5.73 Å². The molecule has 0 aromatic carbocycles. The predicted octanol–water partition coefficient (Wildman–Crippen LogP) is 1.97. The van der Waals surface area contributed by atoms with Gasteiger partial charge in [-0.2, -0.15) is 5.10 Å². The molecule has 90 valence electrons. The average Bonchev–Trinajstić information content (AvgIpc) is 2.69. The molecule has 2 N–H and O–H groups in total. The number of pyridine rings is 1. The van der Waals surface area contributed by atoms with Crippen molar-refractivity contribution in [2.24, 2.45) is 0 Å². The van der Waals surface area contributed by atoms with Crippen LogP contribution in [0, 0.1) is 6.92 Å². The summed E-state index contributed by atoms with van der Waals surface area (Å²) in [5.41, 5.74) is 10.2. The summed E-state index contributed by atoms with van der Waals surface area (Å²) in [6.07, 6.45) is 5.42. The maximum Gasteiger partial charge on any atom is 0.0596 e. The second-order valence-corrected chi connectivity index (χ2v) is 4.17. The molecule has 0 unspecified atom stereocenters. The first-order valence-electron chi connectivity index (χ1n) is 5.92. The number of rotatable bonds is 4. The Morgan fingerprint density at radius 1 is 1.35 bits per heavy atom. The van der Waals surface area contributed by atoms with Crippen LogP contribution >= 0.6 is 0 Å². The molecule has 17 heavy (non-hydrogen) atoms. The van der Waals surface area contributed by atoms with Gasteiger partial charge in [0.05, 0.1) is 5.69 Å². The van der Waals surface area contributed by atoms with Gasteiger partial charge in [-0.1, -0.05) is 0 Å². The number of hydrogen-bond donors (Lipinski definition) is 1. The van der Waals surface area contributed by atoms with Gasteiger partial charge in [0.25, 0.3) is 0 Å². The molecule has 0 radical (unpaired) electrons. The number of nitrogen functional groups attached to an aromatic ring is 1. The van der Waals surface area contributed by atoms with Crippen molar-refractivity contribution in [2.45, 2.75) is 33.2 Å². The molecule has 0 amide bonds. The van der Waals surface area contributed by atoms with Gasteiger partial charge in [-0.25, -0.2) is 0 Å². The number of aryl methyl sites for hydroxylation is 4. The summed E-state index contributed by atoms with van der Waals surface area (Å²) >= 11 is 0. The maximum atomic E-state index is 5.90. The zero-order valence-electron chi connectivity index (χ0n) is 10.3. The third kappa shape index (κ3) is 2.64. The third-order valence-electron chi connectivity index (χ3n) is 2.88. The lowest BCUT2D eigenvalue weighted by atomic mass is 10.1. The topological polar surface area (TPSA) is 56.7 Å². The highest BCUT2D eigenvalue weighted by atomic mass is 15.3. The lowest BCUT2D eigenvalue weighted by molar-refractivity contribution is 0.614. The minimum Gasteiger partial charge on any atom is -0.398 e. The van der Waals surface area contributed by atoms with Crippen LogP contribution in [0.1, 0.15) is 23.9 Å². The highest BCUT2D eigenvalue weighted by molar-refractivity contribution is 5.44. The first-order valence-corrected chi connectivity index (χ1v) is 5.92. The molecule has 0 fully saturated rings. The Balaban J connectivity index is 2.09. The van der Waals surface area contributed by atoms with Gasteiger partial charge >= 0.3 is 0 Å². The predicted molar refractivity (Wildman–Crippen MR) is 68.7 cm³/mol. The lowest BCUT2D eigenvalue weighted by Gasteiger charge is -2.06. The van der Waals surface area contributed by atoms with Gasteiger partial charge in [-0.3, -0.25) is 9.67 Å². The number of nitrogens with two attached hydrogens (primary N) is 1. The van der Waals surface area contributed by atoms with Crippen LogP contribution in [0.25, 0.3) is 0 Å². The SMILES string of the molecule is CCn1nc(C)cc1CCc1cnccc1N. The minimum absolute atomic E-state index is 0.819. The van der Waals surface area contributed by atoms with E-state index in [9.17, 15) is 0 Å². The van der Waals surface area contributed by atoms with Gasteiger partial charge in [0, 0.05) is 30.3 Å². The van der Waals surface area contributed by atoms with E-state index < -0.39 is 0 Å². The zero-order valence-corrected chi connectivity index (χ0v) is 10.3. The van der Waals surface area contributed by atoms with Crippen molar-refractivity contribution in [3.8, 4) is 0 Å². The fourth-order valence-electron chi connectivity index (χ4n) is 1.98. The second kappa shape index (κ2) is 4.99. The highest BCUT2D eigenvalue weighted by Crippen LogP contribution is 2.13. The summed E-state index contributed by atoms with van der Waals surface area (Å²) in [4.78, 5) is 4.10. The molecule has 0 aliphatic heterocycles. The first kappa shape index (κ1) is 11.6. The minimum atomic E-state index is 0.819. The van der Waals surface area contributed by atoms with Crippen LogP contribution in [0.5, 0.6) is 0 Å². The van der Waals surface area contributed by atoms with Gasteiger partial charge in [-0.05, 0) is 44.4 Å². The number of nitrogens with zero attached hydrogens (tertiary/aromatic N) is 3. The van der Waals surface area contributed by atoms with E-state index in [2.05, 4.69) is 23.1 Å². The van der Waals surface area contributed by atoms with E-state index in [1.807, 2.05) is 23.9 Å². The van der Waals surface area contributed by atoms with E-state index >= 15 is 0 Å². The van der Waals surface area contributed by atoms with Crippen molar-refractivity contribution in [3.05, 3.63) is 41.5 Å². The first-order chi connectivity index (χ1) is 8.20. The average molecular weight is 230 g/mol. The maximum absolute atomic E-state index is 5.90. The highest BCUT2D eigenvalue weighted by Gasteiger charge is 2.05. The Labute approximate surface area is 101 Å². The van der Waals surface area contributed by atoms with E-state index in [1.165, 1.54) is 5.69 Å². The van der Waals surface area contributed by atoms with Gasteiger partial charge in [0.1, 0.15) is 0 Å². The molecule has 2 aromatic heterocycles. The Bertz CT molecular complexity index is 502. The van der Waals surface area contributed by atoms with Crippen molar-refractivity contribution < 1.29 is 0 Å². The van der Waals surface area contributed by atoms with Crippen LogP contribution < -0.4 is 5.73 Å². The van der Waals surface area contributed by atoms with Crippen molar-refractivity contribution in [1.29, 1.82) is 0 Å². The Morgan fingerprint density at radius 2 is 2.18 bits per heavy atom. The van der Waals surface area contributed by atoms with Crippen LogP contribution in [0.15, 0.2) is 24.5 Å². The fourth-order valence-corrected chi connectivity index (χ4v) is 1.98. The van der Waals surface area contributed by atoms with Crippen LogP contribution in [0.3, 0.4) is 0 Å². The van der Waals surface area contributed by atoms with Crippen LogP contribution in [0.2, 0.25) is 0 Å². The largest absolute Gasteiger partial charge is 0.398 e. The normalized spacial score (nSPS) is 10.7. The van der Waals surface area contributed by atoms with Gasteiger partial charge in [0.2, 0.25) is 0 Å². The van der Waals surface area contributed by atoms with Crippen molar-refractivity contribution in [3.63, 3.8) is 0 Å². The van der Waals surface area contributed by atoms with Gasteiger partial charge in [0.15, 0.2) is 0 Å². The second-order valence-electron chi connectivity index (χ2n) is 4.17. The van der Waals surface area contributed by atoms with Crippen molar-refractivity contribution >= 4 is 5.69 Å². The molecule has 0 aliphatic rings. The molecule has 4 heteroatoms. The summed E-state index contributed by atoms with van der Waals surface area (Å²) < 4.78 is 2.04. The van der Waals surface area contributed by atoms with Crippen LogP contribution in [0.4, 0.5) is 5.69 Å². The van der Waals surface area contributed by atoms with Crippen LogP contribution in [-0.2, 0) is 19.4 Å². The van der Waals surface area contributed by atoms with Gasteiger partial charge in [-0.15, -0.1) is 0 Å². The quantitative estimate of drug-likeness (QED) is 0.873. The summed E-state index contributed by atoms with van der Waals surface area (Å²) in [5, 5.41) is 4.43. The smallest absolute Gasteiger partial charge is 0.0596 e. The van der Waals surface area contributed by atoms with E-state index in [0.717, 1.165) is 36.3 Å². The molecule has 2 aromatic rings. The molecule has 0 saturated carbocycles. The number of hydrogen-bond acceptors (Lipinski definition) is 3. The summed E-state index contributed by atoms with van der Waals surface area (Å²) in [7, 11) is 0.